The summed E-state index contributed by atoms with van der Waals surface area (Å²) in [6.45, 7) is 2.11. The Morgan fingerprint density at radius 1 is 1.53 bits per heavy atom. The van der Waals surface area contributed by atoms with Crippen LogP contribution >= 0.6 is 23.6 Å². The van der Waals surface area contributed by atoms with Crippen LogP contribution in [0.1, 0.15) is 19.3 Å². The number of rotatable bonds is 3. The number of nitrogens with zero attached hydrogens (tertiary/aromatic N) is 3. The predicted octanol–water partition coefficient (Wildman–Crippen LogP) is 3.15. The number of H-pyrrole nitrogens is 1. The molecule has 0 aliphatic carbocycles. The fourth-order valence-electron chi connectivity index (χ4n) is 2.67. The van der Waals surface area contributed by atoms with Gasteiger partial charge in [0.05, 0.1) is 4.88 Å². The van der Waals surface area contributed by atoms with Crippen molar-refractivity contribution in [2.45, 2.75) is 31.8 Å². The summed E-state index contributed by atoms with van der Waals surface area (Å²) in [5, 5.41) is 9.39. The lowest BCUT2D eigenvalue weighted by molar-refractivity contribution is 0.167. The van der Waals surface area contributed by atoms with Gasteiger partial charge in [0.15, 0.2) is 10.6 Å². The van der Waals surface area contributed by atoms with Crippen molar-refractivity contribution >= 4 is 23.6 Å². The minimum atomic E-state index is 0.566. The Morgan fingerprint density at radius 3 is 3.16 bits per heavy atom. The number of aromatic amines is 1. The van der Waals surface area contributed by atoms with Crippen molar-refractivity contribution in [3.63, 3.8) is 0 Å². The molecule has 2 aromatic heterocycles. The summed E-state index contributed by atoms with van der Waals surface area (Å²) in [4.78, 5) is 3.61. The van der Waals surface area contributed by atoms with Crippen LogP contribution in [0.3, 0.4) is 0 Å². The van der Waals surface area contributed by atoms with Crippen LogP contribution in [-0.4, -0.2) is 39.3 Å². The van der Waals surface area contributed by atoms with E-state index in [0.717, 1.165) is 17.1 Å². The lowest BCUT2D eigenvalue weighted by Gasteiger charge is -2.32. The van der Waals surface area contributed by atoms with E-state index in [2.05, 4.69) is 44.2 Å². The summed E-state index contributed by atoms with van der Waals surface area (Å²) in [6, 6.07) is 4.71. The number of hydrogen-bond acceptors (Lipinski definition) is 4. The van der Waals surface area contributed by atoms with Gasteiger partial charge in [0.1, 0.15) is 0 Å². The van der Waals surface area contributed by atoms with E-state index < -0.39 is 0 Å². The average molecular weight is 294 g/mol. The highest BCUT2D eigenvalue weighted by Crippen LogP contribution is 2.24. The number of likely N-dealkylation sites (tertiary alicyclic amines) is 1. The number of piperidine rings is 1. The van der Waals surface area contributed by atoms with Crippen molar-refractivity contribution in [1.82, 2.24) is 19.7 Å². The van der Waals surface area contributed by atoms with E-state index in [-0.39, 0.29) is 0 Å². The fourth-order valence-corrected chi connectivity index (χ4v) is 3.60. The molecule has 1 unspecified atom stereocenters. The second-order valence-electron chi connectivity index (χ2n) is 5.07. The molecule has 0 bridgehead atoms. The van der Waals surface area contributed by atoms with Crippen LogP contribution in [-0.2, 0) is 6.54 Å². The van der Waals surface area contributed by atoms with Crippen LogP contribution in [0.2, 0.25) is 0 Å². The summed E-state index contributed by atoms with van der Waals surface area (Å²) in [5.41, 5.74) is 0. The zero-order chi connectivity index (χ0) is 13.2. The summed E-state index contributed by atoms with van der Waals surface area (Å²) >= 11 is 7.09. The molecule has 1 saturated heterocycles. The molecule has 1 N–H and O–H groups in total. The smallest absolute Gasteiger partial charge is 0.195 e. The first kappa shape index (κ1) is 13.0. The lowest BCUT2D eigenvalue weighted by Crippen LogP contribution is -2.39. The number of aromatic nitrogens is 3. The molecule has 3 rings (SSSR count). The van der Waals surface area contributed by atoms with Gasteiger partial charge < -0.3 is 4.90 Å². The molecule has 1 aliphatic rings. The van der Waals surface area contributed by atoms with Crippen molar-refractivity contribution in [1.29, 1.82) is 0 Å². The minimum absolute atomic E-state index is 0.566. The molecule has 19 heavy (non-hydrogen) atoms. The molecular weight excluding hydrogens is 276 g/mol. The van der Waals surface area contributed by atoms with Crippen molar-refractivity contribution in [2.24, 2.45) is 0 Å². The molecule has 0 saturated carbocycles. The number of nitrogens with one attached hydrogen (secondary N) is 1. The first-order valence-electron chi connectivity index (χ1n) is 6.65. The van der Waals surface area contributed by atoms with Gasteiger partial charge in [-0.3, -0.25) is 9.67 Å². The quantitative estimate of drug-likeness (QED) is 0.884. The van der Waals surface area contributed by atoms with E-state index in [0.29, 0.717) is 6.04 Å². The number of thiophene rings is 1. The molecule has 1 atom stereocenters. The van der Waals surface area contributed by atoms with Gasteiger partial charge in [0.2, 0.25) is 0 Å². The van der Waals surface area contributed by atoms with E-state index in [1.807, 2.05) is 0 Å². The molecule has 102 valence electrons. The number of hydrogen-bond donors (Lipinski definition) is 1. The third kappa shape index (κ3) is 2.66. The van der Waals surface area contributed by atoms with Gasteiger partial charge in [-0.05, 0) is 50.1 Å². The zero-order valence-electron chi connectivity index (χ0n) is 11.0. The first-order valence-corrected chi connectivity index (χ1v) is 7.94. The molecule has 0 radical (unpaired) electrons. The van der Waals surface area contributed by atoms with Gasteiger partial charge in [-0.1, -0.05) is 12.5 Å². The van der Waals surface area contributed by atoms with E-state index in [1.54, 1.807) is 11.3 Å². The van der Waals surface area contributed by atoms with Crippen molar-refractivity contribution in [3.8, 4) is 10.7 Å². The molecule has 2 aromatic rings. The largest absolute Gasteiger partial charge is 0.302 e. The van der Waals surface area contributed by atoms with Crippen LogP contribution < -0.4 is 0 Å². The summed E-state index contributed by atoms with van der Waals surface area (Å²) in [5.74, 6) is 0.971. The summed E-state index contributed by atoms with van der Waals surface area (Å²) in [7, 11) is 2.21. The normalized spacial score (nSPS) is 20.8. The Labute approximate surface area is 122 Å². The van der Waals surface area contributed by atoms with Gasteiger partial charge in [-0.2, -0.15) is 5.10 Å². The summed E-state index contributed by atoms with van der Waals surface area (Å²) < 4.78 is 2.87. The minimum Gasteiger partial charge on any atom is -0.302 e. The van der Waals surface area contributed by atoms with E-state index in [1.165, 1.54) is 30.7 Å². The van der Waals surface area contributed by atoms with Gasteiger partial charge in [0, 0.05) is 12.6 Å². The molecule has 4 nitrogen and oxygen atoms in total. The van der Waals surface area contributed by atoms with Gasteiger partial charge in [-0.15, -0.1) is 11.3 Å². The molecule has 0 amide bonds. The molecule has 3 heterocycles. The molecular formula is C13H18N4S2. The topological polar surface area (TPSA) is 36.9 Å². The average Bonchev–Trinajstić information content (AvgIpc) is 3.03. The molecule has 0 aromatic carbocycles. The van der Waals surface area contributed by atoms with Crippen molar-refractivity contribution < 1.29 is 0 Å². The Morgan fingerprint density at radius 2 is 2.42 bits per heavy atom. The zero-order valence-corrected chi connectivity index (χ0v) is 12.6. The highest BCUT2D eigenvalue weighted by atomic mass is 32.1. The molecule has 0 spiro atoms. The Balaban J connectivity index is 1.88. The highest BCUT2D eigenvalue weighted by Gasteiger charge is 2.21. The van der Waals surface area contributed by atoms with Crippen LogP contribution in [0.4, 0.5) is 0 Å². The van der Waals surface area contributed by atoms with E-state index >= 15 is 0 Å². The Hall–Kier alpha value is -0.980. The molecule has 1 fully saturated rings. The van der Waals surface area contributed by atoms with Crippen LogP contribution in [0.5, 0.6) is 0 Å². The first-order chi connectivity index (χ1) is 9.25. The monoisotopic (exact) mass is 294 g/mol. The van der Waals surface area contributed by atoms with Gasteiger partial charge in [0.25, 0.3) is 0 Å². The maximum atomic E-state index is 5.38. The van der Waals surface area contributed by atoms with Crippen LogP contribution in [0.25, 0.3) is 10.7 Å². The van der Waals surface area contributed by atoms with E-state index in [9.17, 15) is 0 Å². The van der Waals surface area contributed by atoms with Crippen LogP contribution in [0.15, 0.2) is 17.5 Å². The predicted molar refractivity (Wildman–Crippen MR) is 81.0 cm³/mol. The Kier molecular flexibility index (Phi) is 3.81. The third-order valence-corrected chi connectivity index (χ3v) is 4.99. The number of likely N-dealkylation sites (N-methyl/N-ethyl adjacent to an activating group) is 1. The standard InChI is InChI=1S/C13H18N4S2/c1-16-7-3-2-5-10(16)9-17-12(14-15-13(17)18)11-6-4-8-19-11/h4,6,8,10H,2-3,5,7,9H2,1H3,(H,15,18). The SMILES string of the molecule is CN1CCCCC1Cn1c(-c2cccs2)n[nH]c1=S. The third-order valence-electron chi connectivity index (χ3n) is 3.81. The van der Waals surface area contributed by atoms with E-state index in [4.69, 9.17) is 12.2 Å². The van der Waals surface area contributed by atoms with Crippen molar-refractivity contribution in [3.05, 3.63) is 22.3 Å². The second-order valence-corrected chi connectivity index (χ2v) is 6.40. The van der Waals surface area contributed by atoms with Crippen molar-refractivity contribution in [2.75, 3.05) is 13.6 Å². The van der Waals surface area contributed by atoms with Gasteiger partial charge in [-0.25, -0.2) is 0 Å². The summed E-state index contributed by atoms with van der Waals surface area (Å²) in [6.07, 6.45) is 3.86. The van der Waals surface area contributed by atoms with Crippen LogP contribution in [0, 0.1) is 4.77 Å². The molecule has 6 heteroatoms. The maximum Gasteiger partial charge on any atom is 0.195 e. The second kappa shape index (κ2) is 5.56. The van der Waals surface area contributed by atoms with Gasteiger partial charge >= 0.3 is 0 Å². The molecule has 1 aliphatic heterocycles. The maximum absolute atomic E-state index is 5.38. The Bertz CT molecular complexity index is 584. The fraction of sp³-hybridized carbons (Fsp3) is 0.538. The lowest BCUT2D eigenvalue weighted by atomic mass is 10.0. The highest BCUT2D eigenvalue weighted by molar-refractivity contribution is 7.71.